The number of benzene rings is 2. The number of aliphatic imine (C=N–C) groups is 1. The Labute approximate surface area is 181 Å². The van der Waals surface area contributed by atoms with Crippen LogP contribution in [0, 0.1) is 6.92 Å². The van der Waals surface area contributed by atoms with E-state index in [1.807, 2.05) is 24.3 Å². The molecule has 1 aliphatic heterocycles. The van der Waals surface area contributed by atoms with E-state index in [0.29, 0.717) is 34.8 Å². The molecule has 0 saturated carbocycles. The first kappa shape index (κ1) is 21.4. The number of aromatic nitrogens is 1. The summed E-state index contributed by atoms with van der Waals surface area (Å²) in [6, 6.07) is 12.4. The van der Waals surface area contributed by atoms with Crippen molar-refractivity contribution in [2.45, 2.75) is 26.4 Å². The van der Waals surface area contributed by atoms with Gasteiger partial charge in [0.15, 0.2) is 11.9 Å². The maximum Gasteiger partial charge on any atom is 0.573 e. The van der Waals surface area contributed by atoms with Crippen LogP contribution in [0.15, 0.2) is 58.0 Å². The Kier molecular flexibility index (Phi) is 5.60. The van der Waals surface area contributed by atoms with Crippen molar-refractivity contribution in [1.29, 1.82) is 0 Å². The Morgan fingerprint density at radius 3 is 2.47 bits per heavy atom. The number of nitrogens with zero attached hydrogens (tertiary/aromatic N) is 2. The fraction of sp³-hybridized carbons (Fsp3) is 0.227. The summed E-state index contributed by atoms with van der Waals surface area (Å²) in [6.07, 6.45) is -5.68. The van der Waals surface area contributed by atoms with Gasteiger partial charge in [-0.05, 0) is 43.7 Å². The molecule has 32 heavy (non-hydrogen) atoms. The number of amides is 2. The van der Waals surface area contributed by atoms with E-state index in [4.69, 9.17) is 9.52 Å². The number of rotatable bonds is 4. The summed E-state index contributed by atoms with van der Waals surface area (Å²) in [7, 11) is 0. The molecule has 0 aliphatic carbocycles. The molecule has 3 aromatic rings. The number of fused-ring (bicyclic) bond motifs is 3. The first-order valence-electron chi connectivity index (χ1n) is 9.81. The van der Waals surface area contributed by atoms with Crippen molar-refractivity contribution in [3.05, 3.63) is 71.1 Å². The van der Waals surface area contributed by atoms with Crippen molar-refractivity contribution in [2.75, 3.05) is 6.54 Å². The van der Waals surface area contributed by atoms with Gasteiger partial charge in [0.1, 0.15) is 5.75 Å². The third-order valence-electron chi connectivity index (χ3n) is 4.81. The number of carbonyl (C=O) groups is 1. The number of carbonyl (C=O) groups excluding carboxylic acids is 1. The summed E-state index contributed by atoms with van der Waals surface area (Å²) in [4.78, 5) is 17.0. The molecule has 0 radical (unpaired) electrons. The van der Waals surface area contributed by atoms with Crippen LogP contribution in [0.1, 0.15) is 35.7 Å². The highest BCUT2D eigenvalue weighted by atomic mass is 19.4. The SMILES string of the molecule is CCNC(=O)NC1N=C(c2ccc(OC(F)(F)F)cc2)c2ccccc2-c2c(C)noc21. The molecule has 2 N–H and O–H groups in total. The van der Waals surface area contributed by atoms with Crippen LogP contribution in [0.2, 0.25) is 0 Å². The molecule has 2 amide bonds. The number of hydrogen-bond donors (Lipinski definition) is 2. The molecule has 0 spiro atoms. The zero-order chi connectivity index (χ0) is 22.9. The van der Waals surface area contributed by atoms with Crippen LogP contribution < -0.4 is 15.4 Å². The van der Waals surface area contributed by atoms with E-state index in [9.17, 15) is 18.0 Å². The van der Waals surface area contributed by atoms with Crippen LogP contribution in [0.3, 0.4) is 0 Å². The van der Waals surface area contributed by atoms with E-state index >= 15 is 0 Å². The number of aryl methyl sites for hydroxylation is 1. The van der Waals surface area contributed by atoms with Gasteiger partial charge in [0.05, 0.1) is 17.0 Å². The van der Waals surface area contributed by atoms with Crippen molar-refractivity contribution >= 4 is 11.7 Å². The lowest BCUT2D eigenvalue weighted by Crippen LogP contribution is -2.37. The van der Waals surface area contributed by atoms with E-state index in [1.54, 1.807) is 13.8 Å². The molecule has 10 heteroatoms. The second-order valence-electron chi connectivity index (χ2n) is 7.01. The highest BCUT2D eigenvalue weighted by molar-refractivity contribution is 6.17. The number of nitrogens with one attached hydrogen (secondary N) is 2. The summed E-state index contributed by atoms with van der Waals surface area (Å²) >= 11 is 0. The summed E-state index contributed by atoms with van der Waals surface area (Å²) in [5.74, 6) is 0.0286. The molecular formula is C22H19F3N4O3. The minimum Gasteiger partial charge on any atom is -0.406 e. The molecule has 1 aliphatic rings. The molecule has 1 aromatic heterocycles. The normalized spacial score (nSPS) is 15.2. The van der Waals surface area contributed by atoms with Gasteiger partial charge in [-0.1, -0.05) is 29.4 Å². The van der Waals surface area contributed by atoms with E-state index < -0.39 is 18.6 Å². The standard InChI is InChI=1S/C22H19F3N4O3/c1-3-26-21(30)28-20-19-17(12(2)29-32-19)15-6-4-5-7-16(15)18(27-20)13-8-10-14(11-9-13)31-22(23,24)25/h4-11,20H,3H2,1-2H3,(H2,26,28,30). The van der Waals surface area contributed by atoms with Crippen molar-refractivity contribution < 1.29 is 27.2 Å². The van der Waals surface area contributed by atoms with Gasteiger partial charge in [0.25, 0.3) is 0 Å². The van der Waals surface area contributed by atoms with E-state index in [-0.39, 0.29) is 5.75 Å². The van der Waals surface area contributed by atoms with Gasteiger partial charge in [0.2, 0.25) is 0 Å². The van der Waals surface area contributed by atoms with Gasteiger partial charge in [-0.3, -0.25) is 4.99 Å². The van der Waals surface area contributed by atoms with Crippen LogP contribution in [-0.4, -0.2) is 29.8 Å². The predicted molar refractivity (Wildman–Crippen MR) is 110 cm³/mol. The van der Waals surface area contributed by atoms with Crippen molar-refractivity contribution in [3.8, 4) is 16.9 Å². The quantitative estimate of drug-likeness (QED) is 0.610. The lowest BCUT2D eigenvalue weighted by atomic mass is 9.93. The monoisotopic (exact) mass is 444 g/mol. The van der Waals surface area contributed by atoms with Crippen LogP contribution in [-0.2, 0) is 0 Å². The minimum absolute atomic E-state index is 0.340. The second-order valence-corrected chi connectivity index (χ2v) is 7.01. The molecule has 7 nitrogen and oxygen atoms in total. The number of hydrogen-bond acceptors (Lipinski definition) is 5. The Balaban J connectivity index is 1.83. The molecule has 2 aromatic carbocycles. The van der Waals surface area contributed by atoms with Crippen molar-refractivity contribution in [1.82, 2.24) is 15.8 Å². The fourth-order valence-corrected chi connectivity index (χ4v) is 3.54. The molecule has 1 atom stereocenters. The van der Waals surface area contributed by atoms with Gasteiger partial charge in [-0.15, -0.1) is 13.2 Å². The van der Waals surface area contributed by atoms with Gasteiger partial charge in [0, 0.05) is 17.7 Å². The smallest absolute Gasteiger partial charge is 0.406 e. The zero-order valence-electron chi connectivity index (χ0n) is 17.2. The lowest BCUT2D eigenvalue weighted by Gasteiger charge is -2.14. The highest BCUT2D eigenvalue weighted by Crippen LogP contribution is 2.38. The van der Waals surface area contributed by atoms with Crippen LogP contribution >= 0.6 is 0 Å². The third kappa shape index (κ3) is 4.29. The Morgan fingerprint density at radius 1 is 1.12 bits per heavy atom. The third-order valence-corrected chi connectivity index (χ3v) is 4.81. The first-order chi connectivity index (χ1) is 15.3. The Morgan fingerprint density at radius 2 is 1.81 bits per heavy atom. The largest absolute Gasteiger partial charge is 0.573 e. The van der Waals surface area contributed by atoms with Gasteiger partial charge in [-0.25, -0.2) is 4.79 Å². The predicted octanol–water partition coefficient (Wildman–Crippen LogP) is 4.72. The van der Waals surface area contributed by atoms with Gasteiger partial charge >= 0.3 is 12.4 Å². The Bertz CT molecular complexity index is 1170. The first-order valence-corrected chi connectivity index (χ1v) is 9.81. The zero-order valence-corrected chi connectivity index (χ0v) is 17.2. The van der Waals surface area contributed by atoms with Gasteiger partial charge < -0.3 is 19.9 Å². The van der Waals surface area contributed by atoms with E-state index in [2.05, 4.69) is 20.5 Å². The number of urea groups is 1. The number of halogens is 3. The fourth-order valence-electron chi connectivity index (χ4n) is 3.54. The van der Waals surface area contributed by atoms with Crippen LogP contribution in [0.25, 0.3) is 11.1 Å². The summed E-state index contributed by atoms with van der Waals surface area (Å²) in [5, 5.41) is 9.46. The molecule has 4 rings (SSSR count). The van der Waals surface area contributed by atoms with E-state index in [0.717, 1.165) is 11.1 Å². The molecule has 0 bridgehead atoms. The molecule has 2 heterocycles. The van der Waals surface area contributed by atoms with Crippen molar-refractivity contribution in [3.63, 3.8) is 0 Å². The van der Waals surface area contributed by atoms with E-state index in [1.165, 1.54) is 24.3 Å². The summed E-state index contributed by atoms with van der Waals surface area (Å²) < 4.78 is 47.1. The van der Waals surface area contributed by atoms with Crippen LogP contribution in [0.4, 0.5) is 18.0 Å². The number of ether oxygens (including phenoxy) is 1. The topological polar surface area (TPSA) is 88.8 Å². The molecular weight excluding hydrogens is 425 g/mol. The second kappa shape index (κ2) is 8.37. The Hall–Kier alpha value is -3.82. The highest BCUT2D eigenvalue weighted by Gasteiger charge is 2.32. The molecule has 166 valence electrons. The maximum atomic E-state index is 12.5. The molecule has 1 unspecified atom stereocenters. The summed E-state index contributed by atoms with van der Waals surface area (Å²) in [5.41, 5.74) is 3.87. The number of alkyl halides is 3. The van der Waals surface area contributed by atoms with Crippen molar-refractivity contribution in [2.24, 2.45) is 4.99 Å². The average Bonchev–Trinajstić information content (AvgIpc) is 3.05. The molecule has 0 saturated heterocycles. The van der Waals surface area contributed by atoms with Crippen LogP contribution in [0.5, 0.6) is 5.75 Å². The minimum atomic E-state index is -4.78. The average molecular weight is 444 g/mol. The summed E-state index contributed by atoms with van der Waals surface area (Å²) in [6.45, 7) is 3.99. The lowest BCUT2D eigenvalue weighted by molar-refractivity contribution is -0.274. The maximum absolute atomic E-state index is 12.5. The van der Waals surface area contributed by atoms with Gasteiger partial charge in [-0.2, -0.15) is 0 Å². The molecule has 0 fully saturated rings.